The van der Waals surface area contributed by atoms with Gasteiger partial charge < -0.3 is 11.1 Å². The molecule has 0 bridgehead atoms. The van der Waals surface area contributed by atoms with Crippen LogP contribution in [0.5, 0.6) is 0 Å². The number of rotatable bonds is 6. The van der Waals surface area contributed by atoms with Gasteiger partial charge in [0.2, 0.25) is 5.91 Å². The molecule has 17 heavy (non-hydrogen) atoms. The molecule has 0 radical (unpaired) electrons. The predicted molar refractivity (Wildman–Crippen MR) is 68.7 cm³/mol. The molecule has 0 saturated carbocycles. The molecule has 0 aliphatic heterocycles. The van der Waals surface area contributed by atoms with Crippen LogP contribution in [0.2, 0.25) is 0 Å². The first-order valence-electron chi connectivity index (χ1n) is 5.44. The van der Waals surface area contributed by atoms with Gasteiger partial charge in [-0.15, -0.1) is 12.4 Å². The fourth-order valence-corrected chi connectivity index (χ4v) is 1.37. The molecule has 0 heterocycles. The van der Waals surface area contributed by atoms with Gasteiger partial charge in [0.1, 0.15) is 5.82 Å². The minimum absolute atomic E-state index is 0. The van der Waals surface area contributed by atoms with Crippen molar-refractivity contribution in [3.05, 3.63) is 35.6 Å². The van der Waals surface area contributed by atoms with Crippen molar-refractivity contribution in [3.63, 3.8) is 0 Å². The van der Waals surface area contributed by atoms with E-state index < -0.39 is 0 Å². The lowest BCUT2D eigenvalue weighted by Crippen LogP contribution is -2.26. The summed E-state index contributed by atoms with van der Waals surface area (Å²) in [5, 5.41) is 2.73. The Morgan fingerprint density at radius 1 is 1.29 bits per heavy atom. The molecule has 0 aliphatic carbocycles. The highest BCUT2D eigenvalue weighted by molar-refractivity contribution is 5.85. The number of amides is 1. The molecule has 0 spiro atoms. The first-order chi connectivity index (χ1) is 7.74. The Labute approximate surface area is 107 Å². The summed E-state index contributed by atoms with van der Waals surface area (Å²) < 4.78 is 13.2. The van der Waals surface area contributed by atoms with Crippen molar-refractivity contribution in [3.8, 4) is 0 Å². The van der Waals surface area contributed by atoms with E-state index >= 15 is 0 Å². The van der Waals surface area contributed by atoms with E-state index in [2.05, 4.69) is 5.32 Å². The van der Waals surface area contributed by atoms with Gasteiger partial charge in [-0.05, 0) is 31.0 Å². The molecule has 3 N–H and O–H groups in total. The molecule has 96 valence electrons. The number of unbranched alkanes of at least 4 members (excludes halogenated alkanes) is 1. The molecule has 0 aliphatic rings. The van der Waals surface area contributed by atoms with Gasteiger partial charge in [0.25, 0.3) is 0 Å². The molecule has 0 aromatic heterocycles. The lowest BCUT2D eigenvalue weighted by molar-refractivity contribution is -0.120. The average molecular weight is 261 g/mol. The summed E-state index contributed by atoms with van der Waals surface area (Å²) in [5.74, 6) is -0.485. The Balaban J connectivity index is 0.00000256. The van der Waals surface area contributed by atoms with E-state index in [-0.39, 0.29) is 30.6 Å². The van der Waals surface area contributed by atoms with Gasteiger partial charge in [-0.25, -0.2) is 4.39 Å². The Kier molecular flexibility index (Phi) is 8.36. The van der Waals surface area contributed by atoms with Gasteiger partial charge in [-0.3, -0.25) is 4.79 Å². The molecule has 1 aromatic carbocycles. The van der Waals surface area contributed by atoms with Crippen molar-refractivity contribution in [2.24, 2.45) is 5.73 Å². The smallest absolute Gasteiger partial charge is 0.224 e. The van der Waals surface area contributed by atoms with Gasteiger partial charge in [0.05, 0.1) is 6.42 Å². The van der Waals surface area contributed by atoms with E-state index in [1.54, 1.807) is 18.2 Å². The number of carbonyl (C=O) groups is 1. The first kappa shape index (κ1) is 15.9. The van der Waals surface area contributed by atoms with Gasteiger partial charge in [-0.1, -0.05) is 18.2 Å². The molecule has 1 rings (SSSR count). The van der Waals surface area contributed by atoms with Crippen LogP contribution in [0.15, 0.2) is 24.3 Å². The zero-order valence-electron chi connectivity index (χ0n) is 9.62. The van der Waals surface area contributed by atoms with E-state index in [0.717, 1.165) is 12.8 Å². The molecule has 3 nitrogen and oxygen atoms in total. The number of hydrogen-bond donors (Lipinski definition) is 2. The van der Waals surface area contributed by atoms with Crippen LogP contribution in [0.4, 0.5) is 4.39 Å². The zero-order chi connectivity index (χ0) is 11.8. The highest BCUT2D eigenvalue weighted by Crippen LogP contribution is 2.06. The first-order valence-corrected chi connectivity index (χ1v) is 5.44. The third-order valence-electron chi connectivity index (χ3n) is 2.26. The van der Waals surface area contributed by atoms with E-state index in [0.29, 0.717) is 18.7 Å². The Morgan fingerprint density at radius 2 is 2.00 bits per heavy atom. The monoisotopic (exact) mass is 260 g/mol. The minimum Gasteiger partial charge on any atom is -0.356 e. The Hall–Kier alpha value is -1.13. The van der Waals surface area contributed by atoms with Crippen LogP contribution >= 0.6 is 12.4 Å². The van der Waals surface area contributed by atoms with Crippen LogP contribution in [0.1, 0.15) is 18.4 Å². The fourth-order valence-electron chi connectivity index (χ4n) is 1.37. The average Bonchev–Trinajstić information content (AvgIpc) is 2.28. The standard InChI is InChI=1S/C12H17FN2O.ClH/c13-11-6-2-1-5-10(11)9-12(16)15-8-4-3-7-14;/h1-2,5-6H,3-4,7-9,14H2,(H,15,16);1H. The summed E-state index contributed by atoms with van der Waals surface area (Å²) in [6, 6.07) is 6.31. The molecule has 0 fully saturated rings. The van der Waals surface area contributed by atoms with Crippen LogP contribution in [-0.4, -0.2) is 19.0 Å². The van der Waals surface area contributed by atoms with E-state index in [4.69, 9.17) is 5.73 Å². The molecule has 0 saturated heterocycles. The van der Waals surface area contributed by atoms with Crippen molar-refractivity contribution in [1.82, 2.24) is 5.32 Å². The van der Waals surface area contributed by atoms with Crippen LogP contribution in [0, 0.1) is 5.82 Å². The molecule has 0 unspecified atom stereocenters. The fraction of sp³-hybridized carbons (Fsp3) is 0.417. The maximum atomic E-state index is 13.2. The summed E-state index contributed by atoms with van der Waals surface area (Å²) >= 11 is 0. The normalized spacial score (nSPS) is 9.53. The molecule has 1 aromatic rings. The van der Waals surface area contributed by atoms with Gasteiger partial charge in [0.15, 0.2) is 0 Å². The number of nitrogens with two attached hydrogens (primary N) is 1. The maximum Gasteiger partial charge on any atom is 0.224 e. The molecule has 0 atom stereocenters. The predicted octanol–water partition coefficient (Wildman–Crippen LogP) is 1.65. The number of carbonyl (C=O) groups excluding carboxylic acids is 1. The van der Waals surface area contributed by atoms with E-state index in [1.165, 1.54) is 6.07 Å². The highest BCUT2D eigenvalue weighted by atomic mass is 35.5. The molecular weight excluding hydrogens is 243 g/mol. The SMILES string of the molecule is Cl.NCCCCNC(=O)Cc1ccccc1F. The van der Waals surface area contributed by atoms with Crippen molar-refractivity contribution in [2.45, 2.75) is 19.3 Å². The minimum atomic E-state index is -0.334. The molecule has 5 heteroatoms. The number of hydrogen-bond acceptors (Lipinski definition) is 2. The quantitative estimate of drug-likeness (QED) is 0.764. The van der Waals surface area contributed by atoms with Crippen molar-refractivity contribution in [2.75, 3.05) is 13.1 Å². The third kappa shape index (κ3) is 6.24. The van der Waals surface area contributed by atoms with E-state index in [9.17, 15) is 9.18 Å². The number of halogens is 2. The van der Waals surface area contributed by atoms with Crippen LogP contribution in [-0.2, 0) is 11.2 Å². The second-order valence-electron chi connectivity index (χ2n) is 3.61. The van der Waals surface area contributed by atoms with Crippen molar-refractivity contribution < 1.29 is 9.18 Å². The largest absolute Gasteiger partial charge is 0.356 e. The second-order valence-corrected chi connectivity index (χ2v) is 3.61. The second kappa shape index (κ2) is 8.96. The number of benzene rings is 1. The highest BCUT2D eigenvalue weighted by Gasteiger charge is 2.06. The van der Waals surface area contributed by atoms with Gasteiger partial charge >= 0.3 is 0 Å². The summed E-state index contributed by atoms with van der Waals surface area (Å²) in [6.45, 7) is 1.23. The Bertz CT molecular complexity index is 347. The van der Waals surface area contributed by atoms with Crippen molar-refractivity contribution >= 4 is 18.3 Å². The molecular formula is C12H18ClFN2O. The summed E-state index contributed by atoms with van der Waals surface area (Å²) in [7, 11) is 0. The molecule has 1 amide bonds. The third-order valence-corrected chi connectivity index (χ3v) is 2.26. The van der Waals surface area contributed by atoms with Gasteiger partial charge in [-0.2, -0.15) is 0 Å². The lowest BCUT2D eigenvalue weighted by atomic mass is 10.1. The van der Waals surface area contributed by atoms with Crippen LogP contribution in [0.25, 0.3) is 0 Å². The summed E-state index contributed by atoms with van der Waals surface area (Å²) in [4.78, 5) is 11.4. The van der Waals surface area contributed by atoms with Crippen LogP contribution in [0.3, 0.4) is 0 Å². The summed E-state index contributed by atoms with van der Waals surface area (Å²) in [5.41, 5.74) is 5.76. The zero-order valence-corrected chi connectivity index (χ0v) is 10.4. The van der Waals surface area contributed by atoms with Crippen LogP contribution < -0.4 is 11.1 Å². The van der Waals surface area contributed by atoms with Crippen molar-refractivity contribution in [1.29, 1.82) is 0 Å². The van der Waals surface area contributed by atoms with E-state index in [1.807, 2.05) is 0 Å². The topological polar surface area (TPSA) is 55.1 Å². The number of nitrogens with one attached hydrogen (secondary N) is 1. The lowest BCUT2D eigenvalue weighted by Gasteiger charge is -2.05. The summed E-state index contributed by atoms with van der Waals surface area (Å²) in [6.07, 6.45) is 1.84. The Morgan fingerprint density at radius 3 is 2.65 bits per heavy atom. The van der Waals surface area contributed by atoms with Gasteiger partial charge in [0, 0.05) is 6.54 Å². The maximum absolute atomic E-state index is 13.2.